The summed E-state index contributed by atoms with van der Waals surface area (Å²) in [7, 11) is 0. The third-order valence-electron chi connectivity index (χ3n) is 9.27. The second kappa shape index (κ2) is 14.2. The average molecular weight is 696 g/mol. The Hall–Kier alpha value is -5.03. The largest absolute Gasteiger partial charge is 0.423 e. The summed E-state index contributed by atoms with van der Waals surface area (Å²) in [5.41, 5.74) is 8.40. The van der Waals surface area contributed by atoms with Gasteiger partial charge in [0.25, 0.3) is 0 Å². The van der Waals surface area contributed by atoms with Crippen molar-refractivity contribution in [2.24, 2.45) is 0 Å². The minimum absolute atomic E-state index is 0.107. The molecule has 0 amide bonds. The van der Waals surface area contributed by atoms with Gasteiger partial charge in [-0.2, -0.15) is 0 Å². The molecule has 0 N–H and O–H groups in total. The van der Waals surface area contributed by atoms with Gasteiger partial charge in [-0.25, -0.2) is 14.6 Å². The smallest absolute Gasteiger partial charge is 0.343 e. The number of pyridine rings is 1. The zero-order valence-electron chi connectivity index (χ0n) is 32.9. The molecule has 5 rings (SSSR count). The predicted octanol–water partition coefficient (Wildman–Crippen LogP) is 12.0. The monoisotopic (exact) mass is 695 g/mol. The molecule has 0 saturated heterocycles. The highest BCUT2D eigenvalue weighted by Crippen LogP contribution is 2.33. The van der Waals surface area contributed by atoms with E-state index < -0.39 is 0 Å². The lowest BCUT2D eigenvalue weighted by Gasteiger charge is -2.25. The van der Waals surface area contributed by atoms with Gasteiger partial charge < -0.3 is 9.47 Å². The lowest BCUT2D eigenvalue weighted by Crippen LogP contribution is -2.19. The number of rotatable bonds is 6. The Kier molecular flexibility index (Phi) is 10.4. The summed E-state index contributed by atoms with van der Waals surface area (Å²) in [5, 5.41) is 0. The molecule has 52 heavy (non-hydrogen) atoms. The molecule has 0 fully saturated rings. The maximum absolute atomic E-state index is 13.3. The Morgan fingerprint density at radius 2 is 0.712 bits per heavy atom. The molecule has 0 saturated carbocycles. The lowest BCUT2D eigenvalue weighted by atomic mass is 9.79. The van der Waals surface area contributed by atoms with Gasteiger partial charge in [-0.15, -0.1) is 0 Å². The van der Waals surface area contributed by atoms with Crippen molar-refractivity contribution in [1.29, 1.82) is 0 Å². The summed E-state index contributed by atoms with van der Waals surface area (Å²) in [6.07, 6.45) is 0. The maximum Gasteiger partial charge on any atom is 0.343 e. The number of aromatic nitrogens is 1. The number of ether oxygens (including phenoxy) is 2. The molecule has 1 aromatic heterocycles. The Bertz CT molecular complexity index is 1870. The quantitative estimate of drug-likeness (QED) is 0.131. The molecule has 0 spiro atoms. The average Bonchev–Trinajstić information content (AvgIpc) is 3.07. The van der Waals surface area contributed by atoms with Gasteiger partial charge in [-0.05, 0) is 129 Å². The molecule has 5 nitrogen and oxygen atoms in total. The van der Waals surface area contributed by atoms with E-state index in [0.717, 1.165) is 44.8 Å². The highest BCUT2D eigenvalue weighted by Gasteiger charge is 2.25. The van der Waals surface area contributed by atoms with Crippen molar-refractivity contribution >= 4 is 11.9 Å². The van der Waals surface area contributed by atoms with Gasteiger partial charge in [0.05, 0.1) is 22.5 Å². The SMILES string of the molecule is CC(C)(C)c1cc(C(=O)Oc2ccc(-c3cccc(-c4ccc(OC(=O)c5cc(C(C)(C)C)cc(C(C)(C)C)c5)cc4)n3)cc2)cc(C(C)(C)C)c1. The summed E-state index contributed by atoms with van der Waals surface area (Å²) >= 11 is 0. The number of carbonyl (C=O) groups excluding carboxylic acids is 2. The van der Waals surface area contributed by atoms with Crippen LogP contribution in [0.4, 0.5) is 0 Å². The van der Waals surface area contributed by atoms with Crippen LogP contribution in [-0.2, 0) is 21.7 Å². The van der Waals surface area contributed by atoms with Crippen LogP contribution in [0.2, 0.25) is 0 Å². The molecule has 5 heteroatoms. The summed E-state index contributed by atoms with van der Waals surface area (Å²) < 4.78 is 11.7. The van der Waals surface area contributed by atoms with Crippen molar-refractivity contribution in [3.8, 4) is 34.0 Å². The molecule has 0 aliphatic carbocycles. The fourth-order valence-corrected chi connectivity index (χ4v) is 5.70. The van der Waals surface area contributed by atoms with E-state index in [-0.39, 0.29) is 33.6 Å². The number of hydrogen-bond acceptors (Lipinski definition) is 5. The minimum Gasteiger partial charge on any atom is -0.423 e. The third-order valence-corrected chi connectivity index (χ3v) is 9.27. The first-order chi connectivity index (χ1) is 24.1. The molecule has 0 aliphatic rings. The number of esters is 2. The molecule has 270 valence electrons. The van der Waals surface area contributed by atoms with Gasteiger partial charge in [0.15, 0.2) is 0 Å². The molecule has 0 radical (unpaired) electrons. The summed E-state index contributed by atoms with van der Waals surface area (Å²) in [6.45, 7) is 25.8. The Morgan fingerprint density at radius 3 is 0.981 bits per heavy atom. The molecule has 1 heterocycles. The van der Waals surface area contributed by atoms with Crippen LogP contribution in [0, 0.1) is 0 Å². The van der Waals surface area contributed by atoms with Crippen LogP contribution < -0.4 is 9.47 Å². The van der Waals surface area contributed by atoms with Crippen LogP contribution in [0.1, 0.15) is 126 Å². The van der Waals surface area contributed by atoms with Gasteiger partial charge in [-0.3, -0.25) is 0 Å². The Balaban J connectivity index is 1.30. The van der Waals surface area contributed by atoms with Crippen molar-refractivity contribution < 1.29 is 19.1 Å². The molecule has 5 aromatic rings. The fraction of sp³-hybridized carbons (Fsp3) is 0.340. The van der Waals surface area contributed by atoms with Gasteiger partial charge >= 0.3 is 11.9 Å². The van der Waals surface area contributed by atoms with Gasteiger partial charge in [0, 0.05) is 11.1 Å². The van der Waals surface area contributed by atoms with Gasteiger partial charge in [-0.1, -0.05) is 101 Å². The van der Waals surface area contributed by atoms with Crippen molar-refractivity contribution in [1.82, 2.24) is 4.98 Å². The molecule has 4 aromatic carbocycles. The standard InChI is InChI=1S/C47H53NO4/c1-44(2,3)34-24-32(25-35(28-34)45(4,5)6)42(49)51-38-20-16-30(17-21-38)40-14-13-15-41(48-40)31-18-22-39(23-19-31)52-43(50)33-26-36(46(7,8)9)29-37(27-33)47(10,11)12/h13-29H,1-12H3. The first-order valence-electron chi connectivity index (χ1n) is 18.0. The van der Waals surface area contributed by atoms with E-state index in [1.54, 1.807) is 24.3 Å². The Labute approximate surface area is 310 Å². The van der Waals surface area contributed by atoms with Crippen molar-refractivity contribution in [2.75, 3.05) is 0 Å². The second-order valence-corrected chi connectivity index (χ2v) is 17.8. The second-order valence-electron chi connectivity index (χ2n) is 17.8. The molecule has 0 bridgehead atoms. The highest BCUT2D eigenvalue weighted by molar-refractivity contribution is 5.92. The number of nitrogens with zero attached hydrogens (tertiary/aromatic N) is 1. The first kappa shape index (κ1) is 38.2. The van der Waals surface area contributed by atoms with E-state index in [4.69, 9.17) is 14.5 Å². The van der Waals surface area contributed by atoms with E-state index in [2.05, 4.69) is 95.2 Å². The normalized spacial score (nSPS) is 12.4. The predicted molar refractivity (Wildman–Crippen MR) is 213 cm³/mol. The van der Waals surface area contributed by atoms with Gasteiger partial charge in [0.2, 0.25) is 0 Å². The molecule has 0 aliphatic heterocycles. The highest BCUT2D eigenvalue weighted by atomic mass is 16.5. The fourth-order valence-electron chi connectivity index (χ4n) is 5.70. The number of benzene rings is 4. The molecular weight excluding hydrogens is 643 g/mol. The number of carbonyl (C=O) groups is 2. The van der Waals surface area contributed by atoms with Crippen molar-refractivity contribution in [3.05, 3.63) is 137 Å². The molecular formula is C47H53NO4. The summed E-state index contributed by atoms with van der Waals surface area (Å²) in [6, 6.07) is 32.8. The zero-order chi connectivity index (χ0) is 38.2. The summed E-state index contributed by atoms with van der Waals surface area (Å²) in [4.78, 5) is 31.5. The van der Waals surface area contributed by atoms with Crippen LogP contribution >= 0.6 is 0 Å². The maximum atomic E-state index is 13.3. The third kappa shape index (κ3) is 9.25. The van der Waals surface area contributed by atoms with Crippen LogP contribution in [0.25, 0.3) is 22.5 Å². The van der Waals surface area contributed by atoms with Crippen LogP contribution in [0.5, 0.6) is 11.5 Å². The minimum atomic E-state index is -0.383. The summed E-state index contributed by atoms with van der Waals surface area (Å²) in [5.74, 6) is 0.167. The van der Waals surface area contributed by atoms with E-state index in [9.17, 15) is 9.59 Å². The van der Waals surface area contributed by atoms with Crippen molar-refractivity contribution in [2.45, 2.75) is 105 Å². The van der Waals surface area contributed by atoms with Crippen LogP contribution in [0.3, 0.4) is 0 Å². The molecule has 0 unspecified atom stereocenters. The van der Waals surface area contributed by atoms with Crippen LogP contribution in [0.15, 0.2) is 103 Å². The van der Waals surface area contributed by atoms with E-state index >= 15 is 0 Å². The van der Waals surface area contributed by atoms with E-state index in [0.29, 0.717) is 22.6 Å². The lowest BCUT2D eigenvalue weighted by molar-refractivity contribution is 0.0724. The number of hydrogen-bond donors (Lipinski definition) is 0. The first-order valence-corrected chi connectivity index (χ1v) is 18.0. The van der Waals surface area contributed by atoms with Gasteiger partial charge in [0.1, 0.15) is 11.5 Å². The topological polar surface area (TPSA) is 65.5 Å². The molecule has 0 atom stereocenters. The Morgan fingerprint density at radius 1 is 0.423 bits per heavy atom. The zero-order valence-corrected chi connectivity index (χ0v) is 32.9. The van der Waals surface area contributed by atoms with E-state index in [1.165, 1.54) is 0 Å². The van der Waals surface area contributed by atoms with Crippen molar-refractivity contribution in [3.63, 3.8) is 0 Å². The van der Waals surface area contributed by atoms with E-state index in [1.807, 2.05) is 66.7 Å². The van der Waals surface area contributed by atoms with Crippen LogP contribution in [-0.4, -0.2) is 16.9 Å².